The number of amides is 1. The minimum Gasteiger partial charge on any atom is -0.394 e. The molecule has 3 atom stereocenters. The maximum Gasteiger partial charge on any atom is 0.222 e. The fraction of sp³-hybridized carbons (Fsp3) is 0.911. The lowest BCUT2D eigenvalue weighted by Crippen LogP contribution is -2.45. The fourth-order valence-electron chi connectivity index (χ4n) is 8.75. The maximum absolute atomic E-state index is 12.5. The molecule has 0 heterocycles. The smallest absolute Gasteiger partial charge is 0.222 e. The molecule has 0 aliphatic carbocycles. The number of carbonyl (C=O) groups is 1. The fourth-order valence-corrected chi connectivity index (χ4v) is 8.75. The summed E-state index contributed by atoms with van der Waals surface area (Å²) in [5, 5.41) is 33.4. The van der Waals surface area contributed by atoms with Gasteiger partial charge in [0, 0.05) is 0 Å². The second-order valence-electron chi connectivity index (χ2n) is 19.2. The lowest BCUT2D eigenvalue weighted by molar-refractivity contribution is -0.124. The van der Waals surface area contributed by atoms with Crippen molar-refractivity contribution in [2.24, 2.45) is 0 Å². The highest BCUT2D eigenvalue weighted by molar-refractivity contribution is 5.76. The van der Waals surface area contributed by atoms with Crippen LogP contribution in [0, 0.1) is 0 Å². The first-order chi connectivity index (χ1) is 30.0. The number of unbranched alkanes of at least 4 members (excludes halogenated alkanes) is 40. The van der Waals surface area contributed by atoms with Crippen LogP contribution in [-0.2, 0) is 4.79 Å². The van der Waals surface area contributed by atoms with E-state index in [0.29, 0.717) is 6.42 Å². The van der Waals surface area contributed by atoms with Gasteiger partial charge in [0.05, 0.1) is 31.3 Å². The van der Waals surface area contributed by atoms with Gasteiger partial charge in [-0.3, -0.25) is 4.79 Å². The molecule has 0 saturated heterocycles. The first-order valence-corrected chi connectivity index (χ1v) is 27.6. The van der Waals surface area contributed by atoms with Gasteiger partial charge >= 0.3 is 0 Å². The minimum atomic E-state index is -0.928. The van der Waals surface area contributed by atoms with Crippen molar-refractivity contribution in [3.63, 3.8) is 0 Å². The van der Waals surface area contributed by atoms with E-state index in [1.165, 1.54) is 250 Å². The molecule has 3 unspecified atom stereocenters. The van der Waals surface area contributed by atoms with Crippen LogP contribution in [-0.4, -0.2) is 46.1 Å². The number of hydrogen-bond acceptors (Lipinski definition) is 4. The summed E-state index contributed by atoms with van der Waals surface area (Å²) in [6, 6.07) is -0.743. The number of carbonyl (C=O) groups excluding carboxylic acids is 1. The number of hydrogen-bond donors (Lipinski definition) is 4. The number of allylic oxidation sites excluding steroid dienone is 3. The number of rotatable bonds is 51. The predicted molar refractivity (Wildman–Crippen MR) is 268 cm³/mol. The summed E-state index contributed by atoms with van der Waals surface area (Å²) in [6.45, 7) is 4.25. The molecule has 0 aromatic heterocycles. The molecule has 0 aromatic rings. The maximum atomic E-state index is 12.5. The summed E-state index contributed by atoms with van der Waals surface area (Å²) in [5.41, 5.74) is 0. The first-order valence-electron chi connectivity index (χ1n) is 27.6. The Hall–Kier alpha value is -1.17. The highest BCUT2D eigenvalue weighted by atomic mass is 16.3. The zero-order valence-electron chi connectivity index (χ0n) is 41.3. The summed E-state index contributed by atoms with van der Waals surface area (Å²) in [5.74, 6) is -0.311. The van der Waals surface area contributed by atoms with E-state index in [-0.39, 0.29) is 18.9 Å². The van der Waals surface area contributed by atoms with Crippen LogP contribution in [0.15, 0.2) is 24.3 Å². The average Bonchev–Trinajstić information content (AvgIpc) is 3.25. The Morgan fingerprint density at radius 1 is 0.410 bits per heavy atom. The van der Waals surface area contributed by atoms with Crippen molar-refractivity contribution >= 4 is 5.91 Å². The zero-order valence-corrected chi connectivity index (χ0v) is 41.3. The molecule has 5 nitrogen and oxygen atoms in total. The van der Waals surface area contributed by atoms with Gasteiger partial charge in [-0.2, -0.15) is 0 Å². The molecule has 5 heteroatoms. The molecule has 0 aliphatic heterocycles. The number of aliphatic hydroxyl groups is 3. The third-order valence-corrected chi connectivity index (χ3v) is 13.0. The first kappa shape index (κ1) is 59.8. The third kappa shape index (κ3) is 48.1. The van der Waals surface area contributed by atoms with Gasteiger partial charge in [0.15, 0.2) is 0 Å². The van der Waals surface area contributed by atoms with Crippen LogP contribution < -0.4 is 5.32 Å². The lowest BCUT2D eigenvalue weighted by Gasteiger charge is -2.21. The quantitative estimate of drug-likeness (QED) is 0.0362. The van der Waals surface area contributed by atoms with Crippen molar-refractivity contribution in [1.82, 2.24) is 5.32 Å². The number of aliphatic hydroxyl groups excluding tert-OH is 3. The summed E-state index contributed by atoms with van der Waals surface area (Å²) in [4.78, 5) is 12.5. The Kier molecular flexibility index (Phi) is 50.5. The molecule has 0 aromatic carbocycles. The van der Waals surface area contributed by atoms with E-state index >= 15 is 0 Å². The van der Waals surface area contributed by atoms with Crippen molar-refractivity contribution in [2.45, 2.75) is 321 Å². The molecule has 0 radical (unpaired) electrons. The van der Waals surface area contributed by atoms with Gasteiger partial charge in [0.25, 0.3) is 0 Å². The summed E-state index contributed by atoms with van der Waals surface area (Å²) < 4.78 is 0. The van der Waals surface area contributed by atoms with E-state index in [1.54, 1.807) is 6.08 Å². The molecule has 1 amide bonds. The average molecular weight is 860 g/mol. The Morgan fingerprint density at radius 3 is 1.00 bits per heavy atom. The van der Waals surface area contributed by atoms with Crippen LogP contribution in [0.2, 0.25) is 0 Å². The Morgan fingerprint density at radius 2 is 0.689 bits per heavy atom. The molecule has 61 heavy (non-hydrogen) atoms. The standard InChI is InChI=1S/C56H109NO4/c1-3-5-7-9-11-13-15-17-19-21-23-24-25-26-27-28-29-30-31-32-33-35-37-39-41-43-45-47-49-53(59)51-56(61)57-54(52-58)55(60)50-48-46-44-42-40-38-36-34-22-20-18-16-14-12-10-8-6-4-2/h26-27,48,50,53-55,58-60H,3-25,28-47,49,51-52H2,1-2H3,(H,57,61)/b27-26-,50-48+. The molecule has 0 rings (SSSR count). The van der Waals surface area contributed by atoms with Gasteiger partial charge < -0.3 is 20.6 Å². The van der Waals surface area contributed by atoms with Gasteiger partial charge in [-0.05, 0) is 44.9 Å². The molecule has 0 spiro atoms. The topological polar surface area (TPSA) is 89.8 Å². The normalized spacial score (nSPS) is 13.5. The molecule has 362 valence electrons. The second kappa shape index (κ2) is 51.5. The van der Waals surface area contributed by atoms with Gasteiger partial charge in [-0.25, -0.2) is 0 Å². The van der Waals surface area contributed by atoms with E-state index in [2.05, 4.69) is 31.3 Å². The van der Waals surface area contributed by atoms with Crippen molar-refractivity contribution in [3.8, 4) is 0 Å². The Balaban J connectivity index is 3.55. The molecular formula is C56H109NO4. The van der Waals surface area contributed by atoms with Gasteiger partial charge in [-0.1, -0.05) is 276 Å². The highest BCUT2D eigenvalue weighted by Crippen LogP contribution is 2.17. The van der Waals surface area contributed by atoms with Crippen LogP contribution >= 0.6 is 0 Å². The van der Waals surface area contributed by atoms with Crippen molar-refractivity contribution in [1.29, 1.82) is 0 Å². The van der Waals surface area contributed by atoms with Crippen LogP contribution in [0.1, 0.15) is 303 Å². The van der Waals surface area contributed by atoms with Crippen LogP contribution in [0.4, 0.5) is 0 Å². The van der Waals surface area contributed by atoms with Crippen LogP contribution in [0.3, 0.4) is 0 Å². The monoisotopic (exact) mass is 860 g/mol. The van der Waals surface area contributed by atoms with E-state index in [9.17, 15) is 20.1 Å². The van der Waals surface area contributed by atoms with E-state index in [4.69, 9.17) is 0 Å². The summed E-state index contributed by atoms with van der Waals surface area (Å²) in [6.07, 6.45) is 65.0. The van der Waals surface area contributed by atoms with E-state index < -0.39 is 18.2 Å². The van der Waals surface area contributed by atoms with Gasteiger partial charge in [0.2, 0.25) is 5.91 Å². The largest absolute Gasteiger partial charge is 0.394 e. The minimum absolute atomic E-state index is 0.0162. The molecule has 0 saturated carbocycles. The molecule has 0 bridgehead atoms. The summed E-state index contributed by atoms with van der Waals surface area (Å²) >= 11 is 0. The lowest BCUT2D eigenvalue weighted by atomic mass is 10.0. The summed E-state index contributed by atoms with van der Waals surface area (Å²) in [7, 11) is 0. The molecule has 0 fully saturated rings. The zero-order chi connectivity index (χ0) is 44.4. The van der Waals surface area contributed by atoms with Crippen LogP contribution in [0.25, 0.3) is 0 Å². The van der Waals surface area contributed by atoms with Crippen molar-refractivity contribution < 1.29 is 20.1 Å². The van der Waals surface area contributed by atoms with Crippen molar-refractivity contribution in [2.75, 3.05) is 6.61 Å². The third-order valence-electron chi connectivity index (χ3n) is 13.0. The van der Waals surface area contributed by atoms with Crippen LogP contribution in [0.5, 0.6) is 0 Å². The molecule has 0 aliphatic rings. The molecular weight excluding hydrogens is 751 g/mol. The number of nitrogens with one attached hydrogen (secondary N) is 1. The highest BCUT2D eigenvalue weighted by Gasteiger charge is 2.20. The Labute approximate surface area is 382 Å². The van der Waals surface area contributed by atoms with Gasteiger partial charge in [0.1, 0.15) is 0 Å². The van der Waals surface area contributed by atoms with Crippen molar-refractivity contribution in [3.05, 3.63) is 24.3 Å². The Bertz CT molecular complexity index is 905. The SMILES string of the molecule is CCCCCCCCCCCCCC/C=C\CCCCCCCCCCCCCCC(O)CC(=O)NC(CO)C(O)/C=C/CCCCCCCCCCCCCCCCCC. The van der Waals surface area contributed by atoms with E-state index in [1.807, 2.05) is 6.08 Å². The predicted octanol–water partition coefficient (Wildman–Crippen LogP) is 16.9. The van der Waals surface area contributed by atoms with Gasteiger partial charge in [-0.15, -0.1) is 0 Å². The second-order valence-corrected chi connectivity index (χ2v) is 19.2. The van der Waals surface area contributed by atoms with E-state index in [0.717, 1.165) is 25.7 Å². The molecule has 4 N–H and O–H groups in total.